The molecule has 2 saturated heterocycles. The molecule has 0 spiro atoms. The molecule has 0 bridgehead atoms. The minimum Gasteiger partial charge on any atom is -0.506 e. The van der Waals surface area contributed by atoms with Gasteiger partial charge in [0.15, 0.2) is 0 Å². The van der Waals surface area contributed by atoms with E-state index < -0.39 is 0 Å². The molecule has 2 N–H and O–H groups in total. The number of aromatic hydroxyl groups is 1. The van der Waals surface area contributed by atoms with Crippen molar-refractivity contribution in [2.24, 2.45) is 5.92 Å². The van der Waals surface area contributed by atoms with Gasteiger partial charge in [0.1, 0.15) is 5.75 Å². The van der Waals surface area contributed by atoms with Crippen molar-refractivity contribution >= 4 is 17.5 Å². The fraction of sp³-hybridized carbons (Fsp3) is 0.500. The van der Waals surface area contributed by atoms with Crippen molar-refractivity contribution in [3.8, 4) is 5.75 Å². The number of carbonyl (C=O) groups is 1. The lowest BCUT2D eigenvalue weighted by atomic mass is 9.94. The first-order valence-corrected chi connectivity index (χ1v) is 7.04. The number of piperidine rings is 1. The Morgan fingerprint density at radius 2 is 2.26 bits per heavy atom. The van der Waals surface area contributed by atoms with Gasteiger partial charge in [-0.1, -0.05) is 11.6 Å². The number of carbonyl (C=O) groups excluding carboxylic acids is 1. The molecule has 1 amide bonds. The Morgan fingerprint density at radius 3 is 3.00 bits per heavy atom. The maximum Gasteiger partial charge on any atom is 0.253 e. The van der Waals surface area contributed by atoms with Gasteiger partial charge in [-0.15, -0.1) is 0 Å². The predicted octanol–water partition coefficient (Wildman–Crippen LogP) is 1.87. The summed E-state index contributed by atoms with van der Waals surface area (Å²) >= 11 is 5.85. The predicted molar refractivity (Wildman–Crippen MR) is 73.5 cm³/mol. The Morgan fingerprint density at radius 1 is 1.42 bits per heavy atom. The maximum atomic E-state index is 12.4. The summed E-state index contributed by atoms with van der Waals surface area (Å²) in [6.45, 7) is 2.63. The van der Waals surface area contributed by atoms with E-state index in [9.17, 15) is 9.90 Å². The number of hydrogen-bond acceptors (Lipinski definition) is 3. The van der Waals surface area contributed by atoms with E-state index in [1.807, 2.05) is 4.90 Å². The van der Waals surface area contributed by atoms with Crippen LogP contribution < -0.4 is 5.32 Å². The second kappa shape index (κ2) is 5.02. The van der Waals surface area contributed by atoms with Crippen LogP contribution in [0.3, 0.4) is 0 Å². The topological polar surface area (TPSA) is 52.6 Å². The first-order valence-electron chi connectivity index (χ1n) is 6.66. The van der Waals surface area contributed by atoms with E-state index >= 15 is 0 Å². The second-order valence-electron chi connectivity index (χ2n) is 5.34. The molecule has 2 heterocycles. The van der Waals surface area contributed by atoms with Crippen molar-refractivity contribution in [1.29, 1.82) is 0 Å². The standard InChI is InChI=1S/C14H17ClN2O2/c15-11-6-9(3-4-13(11)18)14(19)17-7-10-2-1-5-16-12(10)8-17/h3-4,6,10,12,16,18H,1-2,5,7-8H2. The maximum absolute atomic E-state index is 12.4. The number of benzene rings is 1. The van der Waals surface area contributed by atoms with Crippen LogP contribution in [0.4, 0.5) is 0 Å². The average Bonchev–Trinajstić information content (AvgIpc) is 2.85. The molecule has 3 rings (SSSR count). The second-order valence-corrected chi connectivity index (χ2v) is 5.75. The molecule has 0 radical (unpaired) electrons. The van der Waals surface area contributed by atoms with Gasteiger partial charge in [-0.05, 0) is 43.5 Å². The van der Waals surface area contributed by atoms with Crippen molar-refractivity contribution in [3.05, 3.63) is 28.8 Å². The lowest BCUT2D eigenvalue weighted by molar-refractivity contribution is 0.0785. The van der Waals surface area contributed by atoms with Gasteiger partial charge in [0.05, 0.1) is 5.02 Å². The minimum absolute atomic E-state index is 0.00176. The van der Waals surface area contributed by atoms with Crippen LogP contribution in [-0.4, -0.2) is 41.6 Å². The van der Waals surface area contributed by atoms with Crippen molar-refractivity contribution in [2.75, 3.05) is 19.6 Å². The van der Waals surface area contributed by atoms with E-state index in [0.717, 1.165) is 19.6 Å². The monoisotopic (exact) mass is 280 g/mol. The van der Waals surface area contributed by atoms with Crippen LogP contribution >= 0.6 is 11.6 Å². The minimum atomic E-state index is -0.00176. The summed E-state index contributed by atoms with van der Waals surface area (Å²) in [7, 11) is 0. The SMILES string of the molecule is O=C(c1ccc(O)c(Cl)c1)N1CC2CCCNC2C1. The summed E-state index contributed by atoms with van der Waals surface area (Å²) in [6, 6.07) is 5.06. The summed E-state index contributed by atoms with van der Waals surface area (Å²) in [5.41, 5.74) is 0.543. The van der Waals surface area contributed by atoms with Gasteiger partial charge in [0.25, 0.3) is 5.91 Å². The number of likely N-dealkylation sites (tertiary alicyclic amines) is 1. The highest BCUT2D eigenvalue weighted by atomic mass is 35.5. The van der Waals surface area contributed by atoms with Crippen LogP contribution in [-0.2, 0) is 0 Å². The summed E-state index contributed by atoms with van der Waals surface area (Å²) in [5.74, 6) is 0.582. The number of fused-ring (bicyclic) bond motifs is 1. The summed E-state index contributed by atoms with van der Waals surface area (Å²) < 4.78 is 0. The van der Waals surface area contributed by atoms with Crippen molar-refractivity contribution in [3.63, 3.8) is 0 Å². The van der Waals surface area contributed by atoms with Gasteiger partial charge in [0, 0.05) is 24.7 Å². The van der Waals surface area contributed by atoms with E-state index in [-0.39, 0.29) is 16.7 Å². The van der Waals surface area contributed by atoms with Crippen LogP contribution in [0.25, 0.3) is 0 Å². The largest absolute Gasteiger partial charge is 0.506 e. The third kappa shape index (κ3) is 2.42. The molecular formula is C14H17ClN2O2. The molecule has 2 aliphatic heterocycles. The van der Waals surface area contributed by atoms with Crippen molar-refractivity contribution < 1.29 is 9.90 Å². The Balaban J connectivity index is 1.75. The highest BCUT2D eigenvalue weighted by Crippen LogP contribution is 2.28. The molecule has 102 valence electrons. The van der Waals surface area contributed by atoms with E-state index in [1.165, 1.54) is 25.0 Å². The van der Waals surface area contributed by atoms with E-state index in [2.05, 4.69) is 5.32 Å². The first kappa shape index (κ1) is 12.8. The number of nitrogens with one attached hydrogen (secondary N) is 1. The fourth-order valence-corrected chi connectivity index (χ4v) is 3.22. The van der Waals surface area contributed by atoms with Gasteiger partial charge in [-0.3, -0.25) is 4.79 Å². The molecule has 0 saturated carbocycles. The van der Waals surface area contributed by atoms with Crippen LogP contribution in [0.5, 0.6) is 5.75 Å². The van der Waals surface area contributed by atoms with Crippen LogP contribution in [0.15, 0.2) is 18.2 Å². The molecule has 2 atom stereocenters. The number of amides is 1. The number of phenols is 1. The van der Waals surface area contributed by atoms with Crippen LogP contribution in [0.2, 0.25) is 5.02 Å². The van der Waals surface area contributed by atoms with Crippen molar-refractivity contribution in [1.82, 2.24) is 10.2 Å². The number of nitrogens with zero attached hydrogens (tertiary/aromatic N) is 1. The Bertz CT molecular complexity index is 492. The van der Waals surface area contributed by atoms with E-state index in [0.29, 0.717) is 17.5 Å². The lowest BCUT2D eigenvalue weighted by Crippen LogP contribution is -2.41. The lowest BCUT2D eigenvalue weighted by Gasteiger charge is -2.24. The molecular weight excluding hydrogens is 264 g/mol. The number of hydrogen-bond donors (Lipinski definition) is 2. The van der Waals surface area contributed by atoms with E-state index in [1.54, 1.807) is 6.07 Å². The smallest absolute Gasteiger partial charge is 0.253 e. The van der Waals surface area contributed by atoms with Gasteiger partial charge in [-0.25, -0.2) is 0 Å². The Hall–Kier alpha value is -1.26. The third-order valence-corrected chi connectivity index (χ3v) is 4.38. The normalized spacial score (nSPS) is 26.3. The summed E-state index contributed by atoms with van der Waals surface area (Å²) in [6.07, 6.45) is 2.38. The van der Waals surface area contributed by atoms with Gasteiger partial charge in [-0.2, -0.15) is 0 Å². The zero-order chi connectivity index (χ0) is 13.4. The highest BCUT2D eigenvalue weighted by molar-refractivity contribution is 6.32. The fourth-order valence-electron chi connectivity index (χ4n) is 3.04. The van der Waals surface area contributed by atoms with Crippen LogP contribution in [0, 0.1) is 5.92 Å². The quantitative estimate of drug-likeness (QED) is 0.826. The first-order chi connectivity index (χ1) is 9.15. The number of halogens is 1. The molecule has 1 aromatic rings. The number of phenolic OH excluding ortho intramolecular Hbond substituents is 1. The highest BCUT2D eigenvalue weighted by Gasteiger charge is 2.36. The summed E-state index contributed by atoms with van der Waals surface area (Å²) in [5, 5.41) is 13.1. The molecule has 0 aromatic heterocycles. The van der Waals surface area contributed by atoms with Gasteiger partial charge >= 0.3 is 0 Å². The molecule has 1 aromatic carbocycles. The molecule has 19 heavy (non-hydrogen) atoms. The molecule has 4 nitrogen and oxygen atoms in total. The molecule has 5 heteroatoms. The molecule has 2 fully saturated rings. The molecule has 2 unspecified atom stereocenters. The molecule has 2 aliphatic rings. The summed E-state index contributed by atoms with van der Waals surface area (Å²) in [4.78, 5) is 14.3. The van der Waals surface area contributed by atoms with E-state index in [4.69, 9.17) is 11.6 Å². The van der Waals surface area contributed by atoms with Crippen molar-refractivity contribution in [2.45, 2.75) is 18.9 Å². The van der Waals surface area contributed by atoms with Gasteiger partial charge < -0.3 is 15.3 Å². The zero-order valence-electron chi connectivity index (χ0n) is 10.6. The Kier molecular flexibility index (Phi) is 3.37. The Labute approximate surface area is 117 Å². The third-order valence-electron chi connectivity index (χ3n) is 4.08. The molecule has 0 aliphatic carbocycles. The van der Waals surface area contributed by atoms with Crippen LogP contribution in [0.1, 0.15) is 23.2 Å². The zero-order valence-corrected chi connectivity index (χ0v) is 11.4. The average molecular weight is 281 g/mol. The number of rotatable bonds is 1. The van der Waals surface area contributed by atoms with Gasteiger partial charge in [0.2, 0.25) is 0 Å².